The minimum atomic E-state index is -0.784. The van der Waals surface area contributed by atoms with Crippen LogP contribution in [0.4, 0.5) is 0 Å². The lowest BCUT2D eigenvalue weighted by Gasteiger charge is -2.21. The highest BCUT2D eigenvalue weighted by Crippen LogP contribution is 2.39. The van der Waals surface area contributed by atoms with Gasteiger partial charge in [-0.2, -0.15) is 0 Å². The molecule has 5 heteroatoms. The molecular formula is C15H12ClIO3. The smallest absolute Gasteiger partial charge is 0.162 e. The SMILES string of the molecule is OC(c1cccc(I)c1)c1cc2c(cc1Cl)OCCO2. The Hall–Kier alpha value is -0.980. The minimum absolute atomic E-state index is 0.473. The van der Waals surface area contributed by atoms with Crippen molar-refractivity contribution < 1.29 is 14.6 Å². The summed E-state index contributed by atoms with van der Waals surface area (Å²) in [6.45, 7) is 1.02. The molecule has 1 unspecified atom stereocenters. The van der Waals surface area contributed by atoms with Gasteiger partial charge < -0.3 is 14.6 Å². The highest BCUT2D eigenvalue weighted by atomic mass is 127. The van der Waals surface area contributed by atoms with Gasteiger partial charge in [0.05, 0.1) is 5.02 Å². The van der Waals surface area contributed by atoms with E-state index in [1.54, 1.807) is 12.1 Å². The van der Waals surface area contributed by atoms with E-state index in [1.807, 2.05) is 24.3 Å². The molecule has 0 fully saturated rings. The second-order valence-electron chi connectivity index (χ2n) is 4.47. The number of aliphatic hydroxyl groups is 1. The van der Waals surface area contributed by atoms with E-state index in [0.29, 0.717) is 35.3 Å². The lowest BCUT2D eigenvalue weighted by Crippen LogP contribution is -2.16. The van der Waals surface area contributed by atoms with Crippen LogP contribution < -0.4 is 9.47 Å². The Kier molecular flexibility index (Phi) is 4.05. The van der Waals surface area contributed by atoms with Gasteiger partial charge in [0.1, 0.15) is 19.3 Å². The molecule has 3 rings (SSSR count). The van der Waals surface area contributed by atoms with E-state index >= 15 is 0 Å². The van der Waals surface area contributed by atoms with Crippen molar-refractivity contribution in [1.82, 2.24) is 0 Å². The Balaban J connectivity index is 2.01. The van der Waals surface area contributed by atoms with Crippen LogP contribution in [-0.4, -0.2) is 18.3 Å². The van der Waals surface area contributed by atoms with Crippen LogP contribution in [0, 0.1) is 3.57 Å². The zero-order valence-corrected chi connectivity index (χ0v) is 13.4. The zero-order chi connectivity index (χ0) is 14.1. The van der Waals surface area contributed by atoms with Gasteiger partial charge in [-0.3, -0.25) is 0 Å². The molecule has 0 bridgehead atoms. The number of hydrogen-bond donors (Lipinski definition) is 1. The molecule has 3 nitrogen and oxygen atoms in total. The Morgan fingerprint density at radius 1 is 1.10 bits per heavy atom. The van der Waals surface area contributed by atoms with Crippen LogP contribution >= 0.6 is 34.2 Å². The average molecular weight is 403 g/mol. The van der Waals surface area contributed by atoms with Crippen LogP contribution in [0.5, 0.6) is 11.5 Å². The molecule has 1 aliphatic rings. The van der Waals surface area contributed by atoms with Crippen LogP contribution in [0.15, 0.2) is 36.4 Å². The predicted octanol–water partition coefficient (Wildman–Crippen LogP) is 3.80. The van der Waals surface area contributed by atoms with Crippen molar-refractivity contribution >= 4 is 34.2 Å². The number of benzene rings is 2. The van der Waals surface area contributed by atoms with Crippen LogP contribution in [-0.2, 0) is 0 Å². The number of hydrogen-bond acceptors (Lipinski definition) is 3. The summed E-state index contributed by atoms with van der Waals surface area (Å²) in [7, 11) is 0. The maximum Gasteiger partial charge on any atom is 0.162 e. The summed E-state index contributed by atoms with van der Waals surface area (Å²) in [5.74, 6) is 1.25. The second-order valence-corrected chi connectivity index (χ2v) is 6.13. The van der Waals surface area contributed by atoms with Gasteiger partial charge in [0.25, 0.3) is 0 Å². The first kappa shape index (κ1) is 14.0. The predicted molar refractivity (Wildman–Crippen MR) is 85.7 cm³/mol. The van der Waals surface area contributed by atoms with Crippen LogP contribution in [0.1, 0.15) is 17.2 Å². The normalized spacial score (nSPS) is 14.9. The molecule has 0 saturated heterocycles. The van der Waals surface area contributed by atoms with Gasteiger partial charge in [0, 0.05) is 15.2 Å². The molecule has 2 aromatic carbocycles. The fourth-order valence-electron chi connectivity index (χ4n) is 2.15. The first-order valence-corrected chi connectivity index (χ1v) is 7.63. The van der Waals surface area contributed by atoms with E-state index in [2.05, 4.69) is 22.6 Å². The van der Waals surface area contributed by atoms with E-state index in [-0.39, 0.29) is 0 Å². The second kappa shape index (κ2) is 5.79. The Morgan fingerprint density at radius 3 is 2.50 bits per heavy atom. The molecule has 0 aromatic heterocycles. The lowest BCUT2D eigenvalue weighted by molar-refractivity contribution is 0.169. The Labute approximate surface area is 135 Å². The number of ether oxygens (including phenoxy) is 2. The maximum absolute atomic E-state index is 10.5. The molecule has 0 aliphatic carbocycles. The minimum Gasteiger partial charge on any atom is -0.486 e. The summed E-state index contributed by atoms with van der Waals surface area (Å²) in [5.41, 5.74) is 1.42. The van der Waals surface area contributed by atoms with Crippen LogP contribution in [0.2, 0.25) is 5.02 Å². The first-order valence-electron chi connectivity index (χ1n) is 6.18. The molecule has 0 radical (unpaired) electrons. The van der Waals surface area contributed by atoms with Gasteiger partial charge in [-0.05, 0) is 46.4 Å². The molecule has 1 atom stereocenters. The van der Waals surface area contributed by atoms with Crippen molar-refractivity contribution in [3.8, 4) is 11.5 Å². The molecule has 1 N–H and O–H groups in total. The number of aliphatic hydroxyl groups excluding tert-OH is 1. The monoisotopic (exact) mass is 402 g/mol. The van der Waals surface area contributed by atoms with Crippen LogP contribution in [0.25, 0.3) is 0 Å². The highest BCUT2D eigenvalue weighted by molar-refractivity contribution is 14.1. The van der Waals surface area contributed by atoms with Crippen molar-refractivity contribution in [2.24, 2.45) is 0 Å². The standard InChI is InChI=1S/C15H12ClIO3/c16-12-8-14-13(19-4-5-20-14)7-11(12)15(18)9-2-1-3-10(17)6-9/h1-3,6-8,15,18H,4-5H2. The number of fused-ring (bicyclic) bond motifs is 1. The number of halogens is 2. The quantitative estimate of drug-likeness (QED) is 0.777. The molecule has 2 aromatic rings. The molecular weight excluding hydrogens is 391 g/mol. The van der Waals surface area contributed by atoms with E-state index in [9.17, 15) is 5.11 Å². The van der Waals surface area contributed by atoms with Crippen molar-refractivity contribution in [2.45, 2.75) is 6.10 Å². The number of rotatable bonds is 2. The summed E-state index contributed by atoms with van der Waals surface area (Å²) < 4.78 is 12.1. The van der Waals surface area contributed by atoms with Crippen LogP contribution in [0.3, 0.4) is 0 Å². The molecule has 0 spiro atoms. The van der Waals surface area contributed by atoms with E-state index in [4.69, 9.17) is 21.1 Å². The van der Waals surface area contributed by atoms with Gasteiger partial charge >= 0.3 is 0 Å². The van der Waals surface area contributed by atoms with Gasteiger partial charge in [0.2, 0.25) is 0 Å². The fourth-order valence-corrected chi connectivity index (χ4v) is 2.97. The van der Waals surface area contributed by atoms with Crippen molar-refractivity contribution in [2.75, 3.05) is 13.2 Å². The molecule has 0 amide bonds. The zero-order valence-electron chi connectivity index (χ0n) is 10.5. The molecule has 104 valence electrons. The van der Waals surface area contributed by atoms with Gasteiger partial charge in [-0.15, -0.1) is 0 Å². The largest absolute Gasteiger partial charge is 0.486 e. The van der Waals surface area contributed by atoms with Crippen molar-refractivity contribution in [3.05, 3.63) is 56.1 Å². The van der Waals surface area contributed by atoms with Crippen molar-refractivity contribution in [3.63, 3.8) is 0 Å². The molecule has 20 heavy (non-hydrogen) atoms. The molecule has 1 heterocycles. The summed E-state index contributed by atoms with van der Waals surface area (Å²) in [6, 6.07) is 11.1. The average Bonchev–Trinajstić information content (AvgIpc) is 2.46. The fraction of sp³-hybridized carbons (Fsp3) is 0.200. The van der Waals surface area contributed by atoms with Crippen molar-refractivity contribution in [1.29, 1.82) is 0 Å². The van der Waals surface area contributed by atoms with E-state index in [0.717, 1.165) is 9.13 Å². The van der Waals surface area contributed by atoms with Gasteiger partial charge in [-0.25, -0.2) is 0 Å². The van der Waals surface area contributed by atoms with E-state index in [1.165, 1.54) is 0 Å². The van der Waals surface area contributed by atoms with Gasteiger partial charge in [-0.1, -0.05) is 23.7 Å². The highest BCUT2D eigenvalue weighted by Gasteiger charge is 2.20. The molecule has 1 aliphatic heterocycles. The Morgan fingerprint density at radius 2 is 1.80 bits per heavy atom. The summed E-state index contributed by atoms with van der Waals surface area (Å²) in [5, 5.41) is 11.0. The van der Waals surface area contributed by atoms with E-state index < -0.39 is 6.10 Å². The lowest BCUT2D eigenvalue weighted by atomic mass is 10.0. The third-order valence-corrected chi connectivity index (χ3v) is 4.12. The topological polar surface area (TPSA) is 38.7 Å². The first-order chi connectivity index (χ1) is 9.65. The third kappa shape index (κ3) is 2.73. The maximum atomic E-state index is 10.5. The Bertz CT molecular complexity index is 645. The summed E-state index contributed by atoms with van der Waals surface area (Å²) >= 11 is 8.46. The molecule has 0 saturated carbocycles. The summed E-state index contributed by atoms with van der Waals surface area (Å²) in [6.07, 6.45) is -0.784. The van der Waals surface area contributed by atoms with Gasteiger partial charge in [0.15, 0.2) is 11.5 Å². The summed E-state index contributed by atoms with van der Waals surface area (Å²) in [4.78, 5) is 0. The third-order valence-electron chi connectivity index (χ3n) is 3.12.